The molecule has 3 heterocycles. The molecule has 1 aromatic heterocycles. The van der Waals surface area contributed by atoms with E-state index in [9.17, 15) is 14.9 Å². The number of carbonyl (C=O) groups excluding carboxylic acids is 2. The first-order chi connectivity index (χ1) is 15.6. The lowest BCUT2D eigenvalue weighted by atomic mass is 10.1. The van der Waals surface area contributed by atoms with Gasteiger partial charge in [-0.15, -0.1) is 0 Å². The number of aromatic nitrogens is 1. The predicted molar refractivity (Wildman–Crippen MR) is 123 cm³/mol. The van der Waals surface area contributed by atoms with Crippen LogP contribution < -0.4 is 10.6 Å². The van der Waals surface area contributed by atoms with Crippen molar-refractivity contribution in [2.75, 3.05) is 31.5 Å². The fourth-order valence-corrected chi connectivity index (χ4v) is 4.46. The number of guanidine groups is 1. The summed E-state index contributed by atoms with van der Waals surface area (Å²) in [6, 6.07) is 4.90. The second-order valence-corrected chi connectivity index (χ2v) is 8.47. The summed E-state index contributed by atoms with van der Waals surface area (Å²) in [7, 11) is 0. The summed E-state index contributed by atoms with van der Waals surface area (Å²) >= 11 is 6.20. The summed E-state index contributed by atoms with van der Waals surface area (Å²) < 4.78 is 0. The van der Waals surface area contributed by atoms with Gasteiger partial charge in [-0.3, -0.25) is 14.9 Å². The molecule has 2 aromatic rings. The zero-order valence-corrected chi connectivity index (χ0v) is 18.5. The molecule has 3 N–H and O–H groups in total. The third-order valence-corrected chi connectivity index (χ3v) is 6.23. The van der Waals surface area contributed by atoms with Gasteiger partial charge in [-0.2, -0.15) is 5.26 Å². The molecular formula is C22H26ClN7O2. The Morgan fingerprint density at radius 3 is 2.81 bits per heavy atom. The van der Waals surface area contributed by atoms with Crippen LogP contribution >= 0.6 is 11.6 Å². The molecule has 2 saturated heterocycles. The van der Waals surface area contributed by atoms with E-state index in [4.69, 9.17) is 11.6 Å². The van der Waals surface area contributed by atoms with Gasteiger partial charge in [0, 0.05) is 31.2 Å². The summed E-state index contributed by atoms with van der Waals surface area (Å²) in [6.45, 7) is 2.15. The van der Waals surface area contributed by atoms with Crippen LogP contribution in [0.2, 0.25) is 5.02 Å². The molecule has 9 nitrogen and oxygen atoms in total. The van der Waals surface area contributed by atoms with Crippen molar-refractivity contribution >= 4 is 46.0 Å². The highest BCUT2D eigenvalue weighted by molar-refractivity contribution is 6.36. The number of anilines is 1. The van der Waals surface area contributed by atoms with Crippen molar-refractivity contribution < 1.29 is 9.59 Å². The molecule has 0 saturated carbocycles. The molecule has 2 aliphatic heterocycles. The van der Waals surface area contributed by atoms with Crippen LogP contribution in [0.5, 0.6) is 0 Å². The monoisotopic (exact) mass is 455 g/mol. The molecule has 168 valence electrons. The molecule has 0 bridgehead atoms. The molecule has 32 heavy (non-hydrogen) atoms. The van der Waals surface area contributed by atoms with Crippen LogP contribution in [0, 0.1) is 11.5 Å². The fraction of sp³-hybridized carbons (Fsp3) is 0.455. The Labute approximate surface area is 191 Å². The molecule has 1 atom stereocenters. The average molecular weight is 456 g/mol. The number of halogens is 1. The molecular weight excluding hydrogens is 430 g/mol. The van der Waals surface area contributed by atoms with E-state index in [0.717, 1.165) is 49.7 Å². The lowest BCUT2D eigenvalue weighted by Gasteiger charge is -2.25. The Morgan fingerprint density at radius 1 is 1.25 bits per heavy atom. The minimum atomic E-state index is -0.668. The van der Waals surface area contributed by atoms with Crippen molar-refractivity contribution in [3.8, 4) is 6.19 Å². The van der Waals surface area contributed by atoms with Crippen molar-refractivity contribution in [3.63, 3.8) is 0 Å². The van der Waals surface area contributed by atoms with E-state index in [1.165, 1.54) is 0 Å². The number of nitrogens with zero attached hydrogens (tertiary/aromatic N) is 4. The Bertz CT molecular complexity index is 1070. The molecule has 2 fully saturated rings. The summed E-state index contributed by atoms with van der Waals surface area (Å²) in [6.07, 6.45) is 7.79. The Hall–Kier alpha value is -3.25. The largest absolute Gasteiger partial charge is 0.358 e. The number of aliphatic imine (C=N–C) groups is 1. The first-order valence-corrected chi connectivity index (χ1v) is 11.3. The lowest BCUT2D eigenvalue weighted by Crippen LogP contribution is -2.45. The van der Waals surface area contributed by atoms with E-state index in [1.807, 2.05) is 29.3 Å². The fourth-order valence-electron chi connectivity index (χ4n) is 4.25. The van der Waals surface area contributed by atoms with Crippen molar-refractivity contribution in [2.45, 2.75) is 38.1 Å². The minimum absolute atomic E-state index is 0.00993. The first-order valence-electron chi connectivity index (χ1n) is 10.9. The smallest absolute Gasteiger partial charge is 0.247 e. The topological polar surface area (TPSA) is 117 Å². The zero-order chi connectivity index (χ0) is 22.5. The van der Waals surface area contributed by atoms with Gasteiger partial charge >= 0.3 is 0 Å². The standard InChI is InChI=1S/C22H26ClN7O2/c23-16-12-25-20-15(16)6-5-8-17(20)27-22(26-14-24)28-18-7-1-2-11-30(21(18)32)13-19(31)29-9-3-4-10-29/h5-6,8,12,18,25H,1-4,7,9-11,13H2,(H2,26,27,28)/t18-/m0/s1. The molecule has 0 unspecified atom stereocenters. The lowest BCUT2D eigenvalue weighted by molar-refractivity contribution is -0.140. The van der Waals surface area contributed by atoms with E-state index in [1.54, 1.807) is 11.1 Å². The zero-order valence-electron chi connectivity index (χ0n) is 17.7. The molecule has 4 rings (SSSR count). The summed E-state index contributed by atoms with van der Waals surface area (Å²) in [5, 5.41) is 16.3. The number of carbonyl (C=O) groups is 2. The Balaban J connectivity index is 1.53. The van der Waals surface area contributed by atoms with Crippen molar-refractivity contribution in [2.24, 2.45) is 4.99 Å². The van der Waals surface area contributed by atoms with Crippen LogP contribution in [0.15, 0.2) is 29.4 Å². The first kappa shape index (κ1) is 22.0. The number of nitriles is 1. The summed E-state index contributed by atoms with van der Waals surface area (Å²) in [5.74, 6) is -0.0173. The number of para-hydroxylation sites is 1. The third-order valence-electron chi connectivity index (χ3n) is 5.91. The molecule has 10 heteroatoms. The molecule has 1 aromatic carbocycles. The normalized spacial score (nSPS) is 19.7. The number of hydrogen-bond acceptors (Lipinski definition) is 4. The van der Waals surface area contributed by atoms with E-state index >= 15 is 0 Å². The average Bonchev–Trinajstić information content (AvgIpc) is 3.42. The van der Waals surface area contributed by atoms with Crippen LogP contribution in [0.1, 0.15) is 32.1 Å². The van der Waals surface area contributed by atoms with Crippen LogP contribution in [-0.2, 0) is 9.59 Å². The van der Waals surface area contributed by atoms with Crippen LogP contribution in [-0.4, -0.2) is 64.8 Å². The predicted octanol–water partition coefficient (Wildman–Crippen LogP) is 2.66. The summed E-state index contributed by atoms with van der Waals surface area (Å²) in [5.41, 5.74) is 1.45. The molecule has 2 amide bonds. The maximum atomic E-state index is 13.2. The quantitative estimate of drug-likeness (QED) is 0.283. The van der Waals surface area contributed by atoms with E-state index in [-0.39, 0.29) is 24.3 Å². The molecule has 0 radical (unpaired) electrons. The van der Waals surface area contributed by atoms with E-state index in [2.05, 4.69) is 20.6 Å². The van der Waals surface area contributed by atoms with Gasteiger partial charge in [-0.25, -0.2) is 4.99 Å². The number of amides is 2. The number of fused-ring (bicyclic) bond motifs is 1. The van der Waals surface area contributed by atoms with Crippen LogP contribution in [0.3, 0.4) is 0 Å². The maximum absolute atomic E-state index is 13.2. The highest BCUT2D eigenvalue weighted by Gasteiger charge is 2.30. The Morgan fingerprint density at radius 2 is 2.03 bits per heavy atom. The number of aromatic amines is 1. The van der Waals surface area contributed by atoms with E-state index < -0.39 is 6.04 Å². The van der Waals surface area contributed by atoms with Gasteiger partial charge < -0.3 is 20.1 Å². The van der Waals surface area contributed by atoms with Gasteiger partial charge in [0.2, 0.25) is 17.8 Å². The third kappa shape index (κ3) is 4.81. The number of hydrogen-bond donors (Lipinski definition) is 3. The van der Waals surface area contributed by atoms with Crippen LogP contribution in [0.25, 0.3) is 10.9 Å². The SMILES string of the molecule is N#CNC(=N[C@H]1CCCCN(CC(=O)N2CCCC2)C1=O)Nc1cccc2c(Cl)c[nH]c12. The van der Waals surface area contributed by atoms with Gasteiger partial charge in [-0.05, 0) is 38.2 Å². The van der Waals surface area contributed by atoms with Crippen LogP contribution in [0.4, 0.5) is 5.69 Å². The van der Waals surface area contributed by atoms with Gasteiger partial charge in [0.05, 0.1) is 22.8 Å². The maximum Gasteiger partial charge on any atom is 0.247 e. The van der Waals surface area contributed by atoms with Gasteiger partial charge in [-0.1, -0.05) is 23.7 Å². The molecule has 2 aliphatic rings. The van der Waals surface area contributed by atoms with Crippen molar-refractivity contribution in [3.05, 3.63) is 29.4 Å². The number of benzene rings is 1. The molecule has 0 aliphatic carbocycles. The van der Waals surface area contributed by atoms with Gasteiger partial charge in [0.1, 0.15) is 6.04 Å². The van der Waals surface area contributed by atoms with Gasteiger partial charge in [0.15, 0.2) is 6.19 Å². The number of nitrogens with one attached hydrogen (secondary N) is 3. The van der Waals surface area contributed by atoms with Crippen molar-refractivity contribution in [1.82, 2.24) is 20.1 Å². The number of rotatable bonds is 4. The minimum Gasteiger partial charge on any atom is -0.358 e. The van der Waals surface area contributed by atoms with Crippen molar-refractivity contribution in [1.29, 1.82) is 5.26 Å². The van der Waals surface area contributed by atoms with E-state index in [0.29, 0.717) is 23.7 Å². The number of likely N-dealkylation sites (tertiary alicyclic amines) is 2. The highest BCUT2D eigenvalue weighted by Crippen LogP contribution is 2.28. The molecule has 0 spiro atoms. The Kier molecular flexibility index (Phi) is 6.81. The second kappa shape index (κ2) is 9.92. The number of H-pyrrole nitrogens is 1. The summed E-state index contributed by atoms with van der Waals surface area (Å²) in [4.78, 5) is 36.8. The second-order valence-electron chi connectivity index (χ2n) is 8.06. The highest BCUT2D eigenvalue weighted by atomic mass is 35.5. The van der Waals surface area contributed by atoms with Gasteiger partial charge in [0.25, 0.3) is 0 Å².